The molecule has 1 aromatic rings. The number of hydrogen-bond acceptors (Lipinski definition) is 4. The second-order valence-corrected chi connectivity index (χ2v) is 6.14. The summed E-state index contributed by atoms with van der Waals surface area (Å²) < 4.78 is 5.58. The molecule has 1 aliphatic heterocycles. The van der Waals surface area contributed by atoms with Crippen molar-refractivity contribution in [3.63, 3.8) is 0 Å². The van der Waals surface area contributed by atoms with Crippen molar-refractivity contribution in [3.8, 4) is 0 Å². The summed E-state index contributed by atoms with van der Waals surface area (Å²) in [5.41, 5.74) is 0.618. The number of carbonyl (C=O) groups excluding carboxylic acids is 1. The molecule has 1 aromatic heterocycles. The maximum absolute atomic E-state index is 12.7. The fourth-order valence-electron chi connectivity index (χ4n) is 2.54. The molecule has 20 heavy (non-hydrogen) atoms. The highest BCUT2D eigenvalue weighted by atomic mass is 35.5. The third-order valence-electron chi connectivity index (χ3n) is 3.89. The van der Waals surface area contributed by atoms with Crippen molar-refractivity contribution in [2.45, 2.75) is 31.9 Å². The van der Waals surface area contributed by atoms with E-state index in [1.54, 1.807) is 23.3 Å². The molecule has 0 bridgehead atoms. The fraction of sp³-hybridized carbons (Fsp3) is 0.643. The Kier molecular flexibility index (Phi) is 6.45. The Bertz CT molecular complexity index is 444. The Hall–Kier alpha value is -0.620. The second-order valence-electron chi connectivity index (χ2n) is 5.14. The standard InChI is InChI=1S/C14H22N2O2S.ClH/c1-11-4-9-19-12(11)10-16(2)13(17)14(18-3)5-7-15-8-6-14;/h4,9,15H,5-8,10H2,1-3H3;1H. The van der Waals surface area contributed by atoms with Gasteiger partial charge in [-0.2, -0.15) is 0 Å². The van der Waals surface area contributed by atoms with Crippen molar-refractivity contribution < 1.29 is 9.53 Å². The van der Waals surface area contributed by atoms with Crippen LogP contribution in [0.3, 0.4) is 0 Å². The molecular formula is C14H23ClN2O2S. The van der Waals surface area contributed by atoms with Crippen LogP contribution in [0.2, 0.25) is 0 Å². The molecule has 0 spiro atoms. The minimum absolute atomic E-state index is 0. The average Bonchev–Trinajstić information content (AvgIpc) is 2.84. The van der Waals surface area contributed by atoms with Crippen molar-refractivity contribution in [3.05, 3.63) is 21.9 Å². The molecule has 2 rings (SSSR count). The predicted molar refractivity (Wildman–Crippen MR) is 84.6 cm³/mol. The Morgan fingerprint density at radius 1 is 1.50 bits per heavy atom. The number of hydrogen-bond donors (Lipinski definition) is 1. The van der Waals surface area contributed by atoms with Gasteiger partial charge in [0.15, 0.2) is 0 Å². The van der Waals surface area contributed by atoms with Crippen molar-refractivity contribution in [2.24, 2.45) is 0 Å². The predicted octanol–water partition coefficient (Wildman–Crippen LogP) is 2.21. The van der Waals surface area contributed by atoms with Crippen LogP contribution in [0.15, 0.2) is 11.4 Å². The minimum atomic E-state index is -0.634. The van der Waals surface area contributed by atoms with Crippen molar-refractivity contribution in [2.75, 3.05) is 27.2 Å². The summed E-state index contributed by atoms with van der Waals surface area (Å²) in [5, 5.41) is 5.34. The van der Waals surface area contributed by atoms with E-state index in [1.807, 2.05) is 7.05 Å². The molecule has 1 aliphatic rings. The number of carbonyl (C=O) groups is 1. The van der Waals surface area contributed by atoms with Gasteiger partial charge in [0.2, 0.25) is 0 Å². The molecule has 1 N–H and O–H groups in total. The Morgan fingerprint density at radius 2 is 2.15 bits per heavy atom. The summed E-state index contributed by atoms with van der Waals surface area (Å²) in [6, 6.07) is 2.09. The number of halogens is 1. The maximum atomic E-state index is 12.7. The summed E-state index contributed by atoms with van der Waals surface area (Å²) in [7, 11) is 3.51. The number of nitrogens with one attached hydrogen (secondary N) is 1. The number of piperidine rings is 1. The number of amides is 1. The molecule has 1 amide bonds. The van der Waals surface area contributed by atoms with Gasteiger partial charge in [0.25, 0.3) is 5.91 Å². The molecular weight excluding hydrogens is 296 g/mol. The summed E-state index contributed by atoms with van der Waals surface area (Å²) in [5.74, 6) is 0.101. The number of likely N-dealkylation sites (N-methyl/N-ethyl adjacent to an activating group) is 1. The molecule has 0 aromatic carbocycles. The molecule has 114 valence electrons. The van der Waals surface area contributed by atoms with Gasteiger partial charge >= 0.3 is 0 Å². The van der Waals surface area contributed by atoms with E-state index < -0.39 is 5.60 Å². The van der Waals surface area contributed by atoms with Gasteiger partial charge in [0.05, 0.1) is 6.54 Å². The third kappa shape index (κ3) is 3.52. The molecule has 2 heterocycles. The highest BCUT2D eigenvalue weighted by Gasteiger charge is 2.41. The van der Waals surface area contributed by atoms with Gasteiger partial charge in [-0.25, -0.2) is 0 Å². The summed E-state index contributed by atoms with van der Waals surface area (Å²) in [6.45, 7) is 4.43. The quantitative estimate of drug-likeness (QED) is 0.925. The number of ether oxygens (including phenoxy) is 1. The van der Waals surface area contributed by atoms with Crippen molar-refractivity contribution in [1.29, 1.82) is 0 Å². The smallest absolute Gasteiger partial charge is 0.254 e. The highest BCUT2D eigenvalue weighted by molar-refractivity contribution is 7.10. The van der Waals surface area contributed by atoms with E-state index >= 15 is 0 Å². The van der Waals surface area contributed by atoms with E-state index in [2.05, 4.69) is 23.7 Å². The SMILES string of the molecule is COC1(C(=O)N(C)Cc2sccc2C)CCNCC1.Cl. The zero-order chi connectivity index (χ0) is 13.9. The number of aryl methyl sites for hydroxylation is 1. The molecule has 0 saturated carbocycles. The Labute approximate surface area is 130 Å². The van der Waals surface area contributed by atoms with Gasteiger partial charge < -0.3 is 15.0 Å². The molecule has 0 radical (unpaired) electrons. The molecule has 0 aliphatic carbocycles. The lowest BCUT2D eigenvalue weighted by Crippen LogP contribution is -2.54. The number of nitrogens with zero attached hydrogens (tertiary/aromatic N) is 1. The Balaban J connectivity index is 0.00000200. The van der Waals surface area contributed by atoms with Crippen molar-refractivity contribution in [1.82, 2.24) is 10.2 Å². The van der Waals surface area contributed by atoms with Crippen molar-refractivity contribution >= 4 is 29.7 Å². The molecule has 1 saturated heterocycles. The molecule has 6 heteroatoms. The van der Waals surface area contributed by atoms with Crippen LogP contribution in [-0.2, 0) is 16.1 Å². The van der Waals surface area contributed by atoms with E-state index in [9.17, 15) is 4.79 Å². The number of rotatable bonds is 4. The van der Waals surface area contributed by atoms with Crippen LogP contribution < -0.4 is 5.32 Å². The minimum Gasteiger partial charge on any atom is -0.368 e. The third-order valence-corrected chi connectivity index (χ3v) is 4.90. The van der Waals surface area contributed by atoms with E-state index in [0.29, 0.717) is 6.54 Å². The van der Waals surface area contributed by atoms with Crippen LogP contribution in [0.4, 0.5) is 0 Å². The number of thiophene rings is 1. The summed E-state index contributed by atoms with van der Waals surface area (Å²) in [6.07, 6.45) is 1.49. The van der Waals surface area contributed by atoms with E-state index in [4.69, 9.17) is 4.74 Å². The average molecular weight is 319 g/mol. The maximum Gasteiger partial charge on any atom is 0.254 e. The Morgan fingerprint density at radius 3 is 2.65 bits per heavy atom. The highest BCUT2D eigenvalue weighted by Crippen LogP contribution is 2.26. The largest absolute Gasteiger partial charge is 0.368 e. The first kappa shape index (κ1) is 17.4. The molecule has 0 atom stereocenters. The van der Waals surface area contributed by atoms with Gasteiger partial charge in [-0.15, -0.1) is 23.7 Å². The van der Waals surface area contributed by atoms with Gasteiger partial charge in [-0.3, -0.25) is 4.79 Å². The van der Waals surface area contributed by atoms with Crippen LogP contribution in [0, 0.1) is 6.92 Å². The van der Waals surface area contributed by atoms with E-state index in [0.717, 1.165) is 25.9 Å². The fourth-order valence-corrected chi connectivity index (χ4v) is 3.50. The lowest BCUT2D eigenvalue weighted by Gasteiger charge is -2.37. The molecule has 0 unspecified atom stereocenters. The normalized spacial score (nSPS) is 17.4. The van der Waals surface area contributed by atoms with Crippen LogP contribution in [0.5, 0.6) is 0 Å². The van der Waals surface area contributed by atoms with Gasteiger partial charge in [-0.1, -0.05) is 0 Å². The topological polar surface area (TPSA) is 41.6 Å². The summed E-state index contributed by atoms with van der Waals surface area (Å²) >= 11 is 1.70. The van der Waals surface area contributed by atoms with Gasteiger partial charge in [0.1, 0.15) is 5.60 Å². The van der Waals surface area contributed by atoms with Crippen LogP contribution in [0.1, 0.15) is 23.3 Å². The molecule has 1 fully saturated rings. The van der Waals surface area contributed by atoms with Crippen LogP contribution >= 0.6 is 23.7 Å². The lowest BCUT2D eigenvalue weighted by molar-refractivity contribution is -0.157. The van der Waals surface area contributed by atoms with Crippen LogP contribution in [-0.4, -0.2) is 43.7 Å². The zero-order valence-corrected chi connectivity index (χ0v) is 13.9. The molecule has 4 nitrogen and oxygen atoms in total. The van der Waals surface area contributed by atoms with Gasteiger partial charge in [-0.05, 0) is 49.9 Å². The van der Waals surface area contributed by atoms with Gasteiger partial charge in [0, 0.05) is 19.0 Å². The van der Waals surface area contributed by atoms with E-state index in [1.165, 1.54) is 10.4 Å². The summed E-state index contributed by atoms with van der Waals surface area (Å²) in [4.78, 5) is 15.7. The number of methoxy groups -OCH3 is 1. The van der Waals surface area contributed by atoms with Crippen LogP contribution in [0.25, 0.3) is 0 Å². The first-order valence-electron chi connectivity index (χ1n) is 6.63. The first-order valence-corrected chi connectivity index (χ1v) is 7.51. The second kappa shape index (κ2) is 7.41. The monoisotopic (exact) mass is 318 g/mol. The van der Waals surface area contributed by atoms with E-state index in [-0.39, 0.29) is 18.3 Å². The lowest BCUT2D eigenvalue weighted by atomic mass is 9.90. The zero-order valence-electron chi connectivity index (χ0n) is 12.3. The first-order chi connectivity index (χ1) is 9.09.